The lowest BCUT2D eigenvalue weighted by Crippen LogP contribution is -2.71. The van der Waals surface area contributed by atoms with Crippen LogP contribution in [0, 0.1) is 0 Å². The summed E-state index contributed by atoms with van der Waals surface area (Å²) < 4.78 is -0.714. The van der Waals surface area contributed by atoms with Gasteiger partial charge in [-0.05, 0) is 36.9 Å². The van der Waals surface area contributed by atoms with Crippen LogP contribution in [0.2, 0.25) is 0 Å². The number of rotatable bonds is 8. The van der Waals surface area contributed by atoms with Crippen molar-refractivity contribution in [2.24, 2.45) is 5.73 Å². The minimum Gasteiger partial charge on any atom is -0.480 e. The average molecular weight is 536 g/mol. The zero-order chi connectivity index (χ0) is 27.2. The number of H-pyrrole nitrogens is 1. The Hall–Kier alpha value is -3.83. The molecule has 0 aliphatic carbocycles. The van der Waals surface area contributed by atoms with E-state index in [1.165, 1.54) is 16.7 Å². The predicted octanol–water partition coefficient (Wildman–Crippen LogP) is 1.53. The fourth-order valence-electron chi connectivity index (χ4n) is 5.15. The molecule has 2 fully saturated rings. The molecule has 198 valence electrons. The average Bonchev–Trinajstić information content (AvgIpc) is 3.41. The first-order valence-electron chi connectivity index (χ1n) is 12.3. The van der Waals surface area contributed by atoms with Crippen LogP contribution in [0.4, 0.5) is 0 Å². The number of carboxylic acid groups (broad SMARTS) is 1. The van der Waals surface area contributed by atoms with E-state index < -0.39 is 58.0 Å². The number of aliphatic carboxylic acids is 1. The van der Waals surface area contributed by atoms with Crippen LogP contribution in [0.3, 0.4) is 0 Å². The number of nitrogens with one attached hydrogen (secondary N) is 3. The molecular weight excluding hydrogens is 506 g/mol. The highest BCUT2D eigenvalue weighted by molar-refractivity contribution is 8.01. The number of carbonyl (C=O) groups excluding carboxylic acids is 3. The second kappa shape index (κ2) is 9.80. The van der Waals surface area contributed by atoms with E-state index >= 15 is 0 Å². The summed E-state index contributed by atoms with van der Waals surface area (Å²) in [6.45, 7) is 3.53. The number of amides is 3. The molecule has 2 aromatic carbocycles. The molecule has 1 aromatic heterocycles. The summed E-state index contributed by atoms with van der Waals surface area (Å²) in [5, 5.41) is 15.6. The van der Waals surface area contributed by atoms with Crippen molar-refractivity contribution in [3.8, 4) is 0 Å². The Morgan fingerprint density at radius 3 is 2.47 bits per heavy atom. The van der Waals surface area contributed by atoms with Gasteiger partial charge in [-0.2, -0.15) is 0 Å². The largest absolute Gasteiger partial charge is 0.480 e. The first-order valence-corrected chi connectivity index (χ1v) is 13.2. The van der Waals surface area contributed by atoms with Gasteiger partial charge in [0.05, 0.1) is 6.04 Å². The molecule has 2 saturated heterocycles. The van der Waals surface area contributed by atoms with Gasteiger partial charge in [0.1, 0.15) is 23.5 Å². The highest BCUT2D eigenvalue weighted by Gasteiger charge is 2.64. The van der Waals surface area contributed by atoms with Crippen molar-refractivity contribution < 1.29 is 24.3 Å². The van der Waals surface area contributed by atoms with Crippen LogP contribution in [-0.4, -0.2) is 66.9 Å². The second-order valence-corrected chi connectivity index (χ2v) is 11.9. The Kier molecular flexibility index (Phi) is 6.66. The number of fused-ring (bicyclic) bond motifs is 2. The van der Waals surface area contributed by atoms with E-state index in [1.807, 2.05) is 30.3 Å². The van der Waals surface area contributed by atoms with Crippen molar-refractivity contribution in [3.63, 3.8) is 0 Å². The number of aromatic nitrogens is 1. The van der Waals surface area contributed by atoms with Gasteiger partial charge < -0.3 is 31.4 Å². The van der Waals surface area contributed by atoms with Gasteiger partial charge in [-0.15, -0.1) is 11.8 Å². The van der Waals surface area contributed by atoms with E-state index in [1.54, 1.807) is 44.2 Å². The van der Waals surface area contributed by atoms with Crippen LogP contribution in [0.15, 0.2) is 60.7 Å². The smallest absolute Gasteiger partial charge is 0.327 e. The number of para-hydroxylation sites is 1. The molecular formula is C27H29N5O5S. The highest BCUT2D eigenvalue weighted by atomic mass is 32.2. The summed E-state index contributed by atoms with van der Waals surface area (Å²) in [4.78, 5) is 55.7. The van der Waals surface area contributed by atoms with Crippen LogP contribution in [0.1, 0.15) is 31.1 Å². The number of thioether (sulfide) groups is 1. The van der Waals surface area contributed by atoms with Gasteiger partial charge in [-0.3, -0.25) is 14.4 Å². The van der Waals surface area contributed by atoms with Gasteiger partial charge >= 0.3 is 5.97 Å². The molecule has 2 aliphatic heterocycles. The van der Waals surface area contributed by atoms with Crippen LogP contribution >= 0.6 is 11.8 Å². The molecule has 5 atom stereocenters. The standard InChI is InChI=1S/C27H29N5O5S/c1-27(2)21(26(36)37)32-24(35)20(25(32)38-27)31-23(34)19(14-8-4-3-5-9-14)30-22(33)17(28)13-16-12-15-10-6-7-11-18(15)29-16/h3-12,17,19-21,25,29H,13,28H2,1-2H3,(H,30,33)(H,31,34)(H,36,37)/t17-,19?,20+,21-,25+/m0/s1. The second-order valence-electron chi connectivity index (χ2n) is 10.1. The normalized spacial score (nSPS) is 23.3. The molecule has 10 nitrogen and oxygen atoms in total. The van der Waals surface area contributed by atoms with Crippen molar-refractivity contribution in [1.82, 2.24) is 20.5 Å². The van der Waals surface area contributed by atoms with Crippen LogP contribution in [-0.2, 0) is 25.6 Å². The number of benzene rings is 2. The van der Waals surface area contributed by atoms with Gasteiger partial charge in [-0.1, -0.05) is 48.5 Å². The number of hydrogen-bond acceptors (Lipinski definition) is 6. The fraction of sp³-hybridized carbons (Fsp3) is 0.333. The molecule has 0 radical (unpaired) electrons. The third kappa shape index (κ3) is 4.63. The maximum atomic E-state index is 13.4. The summed E-state index contributed by atoms with van der Waals surface area (Å²) in [5.74, 6) is -2.63. The Balaban J connectivity index is 1.30. The van der Waals surface area contributed by atoms with Crippen LogP contribution in [0.5, 0.6) is 0 Å². The van der Waals surface area contributed by atoms with Gasteiger partial charge in [0, 0.05) is 22.4 Å². The van der Waals surface area contributed by atoms with E-state index in [9.17, 15) is 24.3 Å². The number of hydrogen-bond donors (Lipinski definition) is 5. The molecule has 0 saturated carbocycles. The van der Waals surface area contributed by atoms with E-state index in [-0.39, 0.29) is 6.42 Å². The van der Waals surface area contributed by atoms with Gasteiger partial charge in [-0.25, -0.2) is 4.79 Å². The number of nitrogens with two attached hydrogens (primary N) is 1. The van der Waals surface area contributed by atoms with E-state index in [4.69, 9.17) is 5.73 Å². The Morgan fingerprint density at radius 2 is 1.79 bits per heavy atom. The van der Waals surface area contributed by atoms with Gasteiger partial charge in [0.25, 0.3) is 0 Å². The minimum atomic E-state index is -1.09. The predicted molar refractivity (Wildman–Crippen MR) is 143 cm³/mol. The van der Waals surface area contributed by atoms with Gasteiger partial charge in [0.2, 0.25) is 17.7 Å². The molecule has 0 bridgehead atoms. The van der Waals surface area contributed by atoms with E-state index in [2.05, 4.69) is 15.6 Å². The first-order chi connectivity index (χ1) is 18.1. The molecule has 6 N–H and O–H groups in total. The third-order valence-corrected chi connectivity index (χ3v) is 8.59. The molecule has 11 heteroatoms. The molecule has 3 amide bonds. The summed E-state index contributed by atoms with van der Waals surface area (Å²) in [7, 11) is 0. The Bertz CT molecular complexity index is 1370. The topological polar surface area (TPSA) is 158 Å². The summed E-state index contributed by atoms with van der Waals surface area (Å²) in [5.41, 5.74) is 8.48. The van der Waals surface area contributed by atoms with Crippen molar-refractivity contribution >= 4 is 46.4 Å². The molecule has 1 unspecified atom stereocenters. The summed E-state index contributed by atoms with van der Waals surface area (Å²) >= 11 is 1.34. The molecule has 0 spiro atoms. The van der Waals surface area contributed by atoms with Gasteiger partial charge in [0.15, 0.2) is 0 Å². The molecule has 3 aromatic rings. The Morgan fingerprint density at radius 1 is 1.11 bits per heavy atom. The fourth-order valence-corrected chi connectivity index (χ4v) is 6.78. The van der Waals surface area contributed by atoms with Crippen molar-refractivity contribution in [3.05, 3.63) is 71.9 Å². The number of nitrogens with zero attached hydrogens (tertiary/aromatic N) is 1. The van der Waals surface area contributed by atoms with E-state index in [0.29, 0.717) is 5.56 Å². The minimum absolute atomic E-state index is 0.240. The van der Waals surface area contributed by atoms with E-state index in [0.717, 1.165) is 16.6 Å². The number of carbonyl (C=O) groups is 4. The Labute approximate surface area is 223 Å². The van der Waals surface area contributed by atoms with Crippen molar-refractivity contribution in [2.45, 2.75) is 54.6 Å². The number of aromatic amines is 1. The molecule has 38 heavy (non-hydrogen) atoms. The lowest BCUT2D eigenvalue weighted by atomic mass is 9.95. The summed E-state index contributed by atoms with van der Waals surface area (Å²) in [6, 6.07) is 14.5. The number of β-lactam (4-membered cyclic amide) rings is 1. The first kappa shape index (κ1) is 25.8. The number of carboxylic acids is 1. The van der Waals surface area contributed by atoms with Crippen LogP contribution < -0.4 is 16.4 Å². The zero-order valence-corrected chi connectivity index (χ0v) is 21.7. The molecule has 5 rings (SSSR count). The lowest BCUT2D eigenvalue weighted by molar-refractivity contribution is -0.161. The third-order valence-electron chi connectivity index (χ3n) is 7.02. The van der Waals surface area contributed by atoms with Crippen molar-refractivity contribution in [1.29, 1.82) is 0 Å². The van der Waals surface area contributed by atoms with Crippen LogP contribution in [0.25, 0.3) is 10.9 Å². The highest BCUT2D eigenvalue weighted by Crippen LogP contribution is 2.50. The monoisotopic (exact) mass is 535 g/mol. The van der Waals surface area contributed by atoms with Crippen molar-refractivity contribution in [2.75, 3.05) is 0 Å². The lowest BCUT2D eigenvalue weighted by Gasteiger charge is -2.44. The molecule has 2 aliphatic rings. The maximum Gasteiger partial charge on any atom is 0.327 e. The summed E-state index contributed by atoms with van der Waals surface area (Å²) in [6.07, 6.45) is 0.240. The maximum absolute atomic E-state index is 13.4. The molecule has 3 heterocycles. The SMILES string of the molecule is CC1(C)S[C@@H]2[C@H](NC(=O)C(NC(=O)[C@@H](N)Cc3cc4ccccc4[nH]3)c3ccccc3)C(=O)N2[C@H]1C(=O)O. The zero-order valence-electron chi connectivity index (χ0n) is 20.9. The quantitative estimate of drug-likeness (QED) is 0.274.